The summed E-state index contributed by atoms with van der Waals surface area (Å²) in [4.78, 5) is 11.3. The van der Waals surface area contributed by atoms with Gasteiger partial charge in [0.1, 0.15) is 11.3 Å². The molecule has 1 heterocycles. The summed E-state index contributed by atoms with van der Waals surface area (Å²) < 4.78 is 48.2. The Morgan fingerprint density at radius 3 is 2.27 bits per heavy atom. The number of fused-ring (bicyclic) bond motifs is 1. The maximum absolute atomic E-state index is 14.1. The third kappa shape index (κ3) is 7.36. The van der Waals surface area contributed by atoms with Crippen molar-refractivity contribution < 1.29 is 27.8 Å². The fourth-order valence-corrected chi connectivity index (χ4v) is 4.74. The van der Waals surface area contributed by atoms with E-state index in [1.54, 1.807) is 12.1 Å². The molecule has 0 atom stereocenters. The Morgan fingerprint density at radius 1 is 1.06 bits per heavy atom. The van der Waals surface area contributed by atoms with Gasteiger partial charge in [0.05, 0.1) is 6.10 Å². The third-order valence-corrected chi connectivity index (χ3v) is 6.44. The predicted octanol–water partition coefficient (Wildman–Crippen LogP) is 6.89. The van der Waals surface area contributed by atoms with Gasteiger partial charge in [-0.05, 0) is 86.0 Å². The van der Waals surface area contributed by atoms with Gasteiger partial charge in [0.15, 0.2) is 0 Å². The fraction of sp³-hybridized carbons (Fsp3) is 0.577. The van der Waals surface area contributed by atoms with Crippen LogP contribution in [-0.4, -0.2) is 35.2 Å². The average Bonchev–Trinajstić information content (AvgIpc) is 2.74. The van der Waals surface area contributed by atoms with Crippen LogP contribution in [0.4, 0.5) is 13.2 Å². The number of alkyl halides is 3. The van der Waals surface area contributed by atoms with Gasteiger partial charge < -0.3 is 9.84 Å². The number of rotatable bonds is 4. The minimum atomic E-state index is -4.44. The summed E-state index contributed by atoms with van der Waals surface area (Å²) in [6.45, 7) is 6.02. The van der Waals surface area contributed by atoms with Gasteiger partial charge in [-0.2, -0.15) is 13.2 Å². The Balaban J connectivity index is 0.000000709. The number of likely N-dealkylation sites (tertiary alicyclic amines) is 1. The average molecular weight is 466 g/mol. The number of benzene rings is 2. The smallest absolute Gasteiger partial charge is 0.420 e. The van der Waals surface area contributed by atoms with Crippen molar-refractivity contribution in [3.63, 3.8) is 0 Å². The topological polar surface area (TPSA) is 49.8 Å². The molecule has 0 aromatic heterocycles. The Bertz CT molecular complexity index is 926. The molecular weight excluding hydrogens is 431 g/mol. The van der Waals surface area contributed by atoms with E-state index in [1.165, 1.54) is 25.3 Å². The van der Waals surface area contributed by atoms with Gasteiger partial charge in [0.2, 0.25) is 0 Å². The molecule has 2 aliphatic rings. The molecule has 1 saturated heterocycles. The number of carbonyl (C=O) groups is 1. The molecule has 4 nitrogen and oxygen atoms in total. The molecule has 0 bridgehead atoms. The van der Waals surface area contributed by atoms with E-state index < -0.39 is 17.7 Å². The summed E-state index contributed by atoms with van der Waals surface area (Å²) >= 11 is 0. The van der Waals surface area contributed by atoms with Crippen LogP contribution in [0, 0.1) is 5.92 Å². The van der Waals surface area contributed by atoms with Crippen LogP contribution in [0.25, 0.3) is 10.8 Å². The first-order valence-corrected chi connectivity index (χ1v) is 11.8. The van der Waals surface area contributed by atoms with Crippen LogP contribution in [0.1, 0.15) is 69.9 Å². The maximum atomic E-state index is 14.1. The first kappa shape index (κ1) is 25.3. The van der Waals surface area contributed by atoms with E-state index in [0.717, 1.165) is 51.3 Å². The Labute approximate surface area is 193 Å². The molecule has 0 radical (unpaired) electrons. The second-order valence-electron chi connectivity index (χ2n) is 9.35. The lowest BCUT2D eigenvalue weighted by molar-refractivity contribution is -0.138. The predicted molar refractivity (Wildman–Crippen MR) is 123 cm³/mol. The highest BCUT2D eigenvalue weighted by Gasteiger charge is 2.37. The van der Waals surface area contributed by atoms with E-state index >= 15 is 0 Å². The van der Waals surface area contributed by atoms with Gasteiger partial charge in [-0.3, -0.25) is 9.69 Å². The molecule has 1 aliphatic heterocycles. The van der Waals surface area contributed by atoms with Crippen LogP contribution in [0.2, 0.25) is 0 Å². The highest BCUT2D eigenvalue weighted by Crippen LogP contribution is 2.43. The van der Waals surface area contributed by atoms with Crippen molar-refractivity contribution in [1.82, 2.24) is 4.90 Å². The highest BCUT2D eigenvalue weighted by molar-refractivity contribution is 5.89. The van der Waals surface area contributed by atoms with Gasteiger partial charge in [-0.25, -0.2) is 0 Å². The number of piperidine rings is 1. The molecule has 1 N–H and O–H groups in total. The lowest BCUT2D eigenvalue weighted by Gasteiger charge is -2.28. The van der Waals surface area contributed by atoms with Crippen LogP contribution in [-0.2, 0) is 17.5 Å². The SMILES string of the molecule is CC(=O)O.CC1CCC(Oc2ccc3ccc(CN4CCCCC4)cc3c2C(F)(F)F)CC1. The van der Waals surface area contributed by atoms with E-state index in [9.17, 15) is 13.2 Å². The third-order valence-electron chi connectivity index (χ3n) is 6.44. The van der Waals surface area contributed by atoms with Crippen molar-refractivity contribution in [3.05, 3.63) is 41.5 Å². The van der Waals surface area contributed by atoms with Crippen LogP contribution < -0.4 is 4.74 Å². The molecule has 2 fully saturated rings. The largest absolute Gasteiger partial charge is 0.490 e. The minimum absolute atomic E-state index is 0.0142. The van der Waals surface area contributed by atoms with Crippen molar-refractivity contribution >= 4 is 16.7 Å². The Morgan fingerprint density at radius 2 is 1.67 bits per heavy atom. The van der Waals surface area contributed by atoms with E-state index in [2.05, 4.69) is 11.8 Å². The lowest BCUT2D eigenvalue weighted by atomic mass is 9.89. The highest BCUT2D eigenvalue weighted by atomic mass is 19.4. The summed E-state index contributed by atoms with van der Waals surface area (Å²) in [6, 6.07) is 8.77. The quantitative estimate of drug-likeness (QED) is 0.534. The molecule has 33 heavy (non-hydrogen) atoms. The van der Waals surface area contributed by atoms with Gasteiger partial charge in [0.25, 0.3) is 5.97 Å². The molecule has 2 aromatic carbocycles. The van der Waals surface area contributed by atoms with Gasteiger partial charge >= 0.3 is 6.18 Å². The second kappa shape index (κ2) is 11.2. The first-order valence-electron chi connectivity index (χ1n) is 11.8. The standard InChI is InChI=1S/C24H30F3NO.C2H4O2/c1-17-5-10-20(11-6-17)29-22-12-9-19-8-7-18(16-28-13-3-2-4-14-28)15-21(19)23(22)24(25,26)27;1-2(3)4/h7-9,12,15,17,20H,2-6,10-11,13-14,16H2,1H3;1H3,(H,3,4). The number of ether oxygens (including phenoxy) is 1. The Kier molecular flexibility index (Phi) is 8.63. The summed E-state index contributed by atoms with van der Waals surface area (Å²) in [5.41, 5.74) is 0.322. The van der Waals surface area contributed by atoms with Crippen molar-refractivity contribution in [2.45, 2.75) is 77.6 Å². The number of nitrogens with zero attached hydrogens (tertiary/aromatic N) is 1. The van der Waals surface area contributed by atoms with Crippen molar-refractivity contribution in [3.8, 4) is 5.75 Å². The van der Waals surface area contributed by atoms with E-state index in [1.807, 2.05) is 12.1 Å². The van der Waals surface area contributed by atoms with E-state index in [0.29, 0.717) is 17.8 Å². The molecule has 2 aromatic rings. The molecule has 0 unspecified atom stereocenters. The van der Waals surface area contributed by atoms with Crippen LogP contribution in [0.5, 0.6) is 5.75 Å². The van der Waals surface area contributed by atoms with Gasteiger partial charge in [0, 0.05) is 13.5 Å². The van der Waals surface area contributed by atoms with Crippen LogP contribution in [0.3, 0.4) is 0 Å². The maximum Gasteiger partial charge on any atom is 0.420 e. The summed E-state index contributed by atoms with van der Waals surface area (Å²) in [5.74, 6) is -0.217. The molecule has 7 heteroatoms. The number of carboxylic acid groups (broad SMARTS) is 1. The molecule has 0 spiro atoms. The lowest BCUT2D eigenvalue weighted by Crippen LogP contribution is -2.29. The number of hydrogen-bond donors (Lipinski definition) is 1. The molecule has 4 rings (SSSR count). The van der Waals surface area contributed by atoms with Crippen molar-refractivity contribution in [2.75, 3.05) is 13.1 Å². The van der Waals surface area contributed by atoms with E-state index in [4.69, 9.17) is 14.6 Å². The molecular formula is C26H34F3NO3. The number of aliphatic carboxylic acids is 1. The normalized spacial score (nSPS) is 21.8. The molecule has 182 valence electrons. The first-order chi connectivity index (χ1) is 15.6. The molecule has 1 saturated carbocycles. The van der Waals surface area contributed by atoms with Gasteiger partial charge in [-0.15, -0.1) is 0 Å². The minimum Gasteiger partial charge on any atom is -0.490 e. The number of carboxylic acids is 1. The van der Waals surface area contributed by atoms with E-state index in [-0.39, 0.29) is 17.2 Å². The fourth-order valence-electron chi connectivity index (χ4n) is 4.74. The summed E-state index contributed by atoms with van der Waals surface area (Å²) in [7, 11) is 0. The van der Waals surface area contributed by atoms with Gasteiger partial charge in [-0.1, -0.05) is 31.5 Å². The monoisotopic (exact) mass is 465 g/mol. The number of halogens is 3. The molecule has 0 amide bonds. The molecule has 1 aliphatic carbocycles. The zero-order chi connectivity index (χ0) is 24.0. The number of hydrogen-bond acceptors (Lipinski definition) is 3. The van der Waals surface area contributed by atoms with Crippen molar-refractivity contribution in [1.29, 1.82) is 0 Å². The zero-order valence-corrected chi connectivity index (χ0v) is 19.5. The summed E-state index contributed by atoms with van der Waals surface area (Å²) in [5, 5.41) is 8.29. The summed E-state index contributed by atoms with van der Waals surface area (Å²) in [6.07, 6.45) is 2.68. The second-order valence-corrected chi connectivity index (χ2v) is 9.35. The van der Waals surface area contributed by atoms with Crippen LogP contribution in [0.15, 0.2) is 30.3 Å². The van der Waals surface area contributed by atoms with Crippen molar-refractivity contribution in [2.24, 2.45) is 5.92 Å². The zero-order valence-electron chi connectivity index (χ0n) is 19.5. The van der Waals surface area contributed by atoms with Crippen LogP contribution >= 0.6 is 0 Å². The Hall–Kier alpha value is -2.28.